The zero-order chi connectivity index (χ0) is 29.8. The minimum atomic E-state index is -4.77. The van der Waals surface area contributed by atoms with Crippen molar-refractivity contribution >= 4 is 22.1 Å². The summed E-state index contributed by atoms with van der Waals surface area (Å²) < 4.78 is 45.4. The Kier molecular flexibility index (Phi) is 11.1. The third-order valence-corrected chi connectivity index (χ3v) is 7.76. The van der Waals surface area contributed by atoms with Crippen LogP contribution in [0.5, 0.6) is 5.75 Å². The lowest BCUT2D eigenvalue weighted by molar-refractivity contribution is -0.123. The molecule has 3 amide bonds. The van der Waals surface area contributed by atoms with Gasteiger partial charge in [-0.2, -0.15) is 12.8 Å². The number of carbonyl (C=O) groups excluding carboxylic acids is 2. The lowest BCUT2D eigenvalue weighted by Crippen LogP contribution is -2.56. The predicted octanol–water partition coefficient (Wildman–Crippen LogP) is 3.55. The maximum atomic E-state index is 15.2. The molecule has 1 heterocycles. The van der Waals surface area contributed by atoms with E-state index in [-0.39, 0.29) is 24.6 Å². The monoisotopic (exact) mass is 594 g/mol. The Labute approximate surface area is 245 Å². The van der Waals surface area contributed by atoms with Crippen LogP contribution in [0.1, 0.15) is 17.5 Å². The van der Waals surface area contributed by atoms with Crippen molar-refractivity contribution in [3.8, 4) is 5.75 Å². The quantitative estimate of drug-likeness (QED) is 0.276. The Hall–Kier alpha value is -4.22. The Morgan fingerprint density at radius 3 is 2.07 bits per heavy atom. The number of halogens is 1. The average Bonchev–Trinajstić information content (AvgIpc) is 3.01. The number of aryl methyl sites for hydroxylation is 1. The van der Waals surface area contributed by atoms with Crippen LogP contribution in [-0.4, -0.2) is 63.5 Å². The van der Waals surface area contributed by atoms with E-state index in [0.29, 0.717) is 32.6 Å². The lowest BCUT2D eigenvalue weighted by atomic mass is 10.0. The van der Waals surface area contributed by atoms with Crippen LogP contribution in [0.2, 0.25) is 0 Å². The second-order valence-corrected chi connectivity index (χ2v) is 11.4. The van der Waals surface area contributed by atoms with Crippen LogP contribution in [0, 0.1) is 0 Å². The maximum Gasteiger partial charge on any atom is 0.366 e. The largest absolute Gasteiger partial charge is 0.377 e. The first-order valence-corrected chi connectivity index (χ1v) is 15.2. The second-order valence-electron chi connectivity index (χ2n) is 9.89. The summed E-state index contributed by atoms with van der Waals surface area (Å²) in [4.78, 5) is 28.3. The van der Waals surface area contributed by atoms with Crippen molar-refractivity contribution in [2.45, 2.75) is 31.3 Å². The number of nitrogens with zero attached hydrogens (tertiary/aromatic N) is 1. The van der Waals surface area contributed by atoms with Crippen molar-refractivity contribution in [2.24, 2.45) is 0 Å². The van der Waals surface area contributed by atoms with Gasteiger partial charge < -0.3 is 25.0 Å². The van der Waals surface area contributed by atoms with Crippen LogP contribution >= 0.6 is 0 Å². The molecule has 1 saturated heterocycles. The fourth-order valence-corrected chi connectivity index (χ4v) is 5.27. The number of piperazine rings is 1. The van der Waals surface area contributed by atoms with E-state index in [1.165, 1.54) is 12.1 Å². The van der Waals surface area contributed by atoms with Gasteiger partial charge in [-0.15, -0.1) is 0 Å². The SMILES string of the molecule is O=C(N[C@H](/C=C(\F)S(=O)(=O)Oc1ccccc1)CCc1ccccc1)[C@H](Cc1ccccc1)NC(=O)N1CCNCC1. The molecule has 0 aromatic heterocycles. The van der Waals surface area contributed by atoms with Gasteiger partial charge in [0.15, 0.2) is 0 Å². The van der Waals surface area contributed by atoms with Crippen LogP contribution in [0.25, 0.3) is 0 Å². The lowest BCUT2D eigenvalue weighted by Gasteiger charge is -2.30. The molecule has 11 heteroatoms. The van der Waals surface area contributed by atoms with Crippen molar-refractivity contribution in [2.75, 3.05) is 26.2 Å². The minimum Gasteiger partial charge on any atom is -0.377 e. The van der Waals surface area contributed by atoms with Gasteiger partial charge in [-0.05, 0) is 42.2 Å². The molecular weight excluding hydrogens is 559 g/mol. The van der Waals surface area contributed by atoms with E-state index in [9.17, 15) is 18.0 Å². The number of rotatable bonds is 12. The van der Waals surface area contributed by atoms with Gasteiger partial charge >= 0.3 is 16.1 Å². The van der Waals surface area contributed by atoms with Gasteiger partial charge in [-0.3, -0.25) is 4.79 Å². The van der Waals surface area contributed by atoms with Crippen molar-refractivity contribution in [1.29, 1.82) is 0 Å². The van der Waals surface area contributed by atoms with E-state index in [1.807, 2.05) is 60.7 Å². The third kappa shape index (κ3) is 9.42. The van der Waals surface area contributed by atoms with Crippen LogP contribution in [0.3, 0.4) is 0 Å². The molecule has 0 spiro atoms. The first-order valence-electron chi connectivity index (χ1n) is 13.8. The molecule has 0 radical (unpaired) electrons. The zero-order valence-electron chi connectivity index (χ0n) is 23.1. The average molecular weight is 595 g/mol. The van der Waals surface area contributed by atoms with Crippen LogP contribution in [0.4, 0.5) is 9.18 Å². The molecule has 222 valence electrons. The highest BCUT2D eigenvalue weighted by atomic mass is 32.2. The number of amides is 3. The second kappa shape index (κ2) is 15.1. The summed E-state index contributed by atoms with van der Waals surface area (Å²) in [6.45, 7) is 2.29. The Balaban J connectivity index is 1.55. The van der Waals surface area contributed by atoms with E-state index >= 15 is 4.39 Å². The van der Waals surface area contributed by atoms with Gasteiger partial charge in [-0.1, -0.05) is 78.9 Å². The van der Waals surface area contributed by atoms with Crippen molar-refractivity contribution < 1.29 is 26.6 Å². The summed E-state index contributed by atoms with van der Waals surface area (Å²) in [6.07, 6.45) is 1.67. The summed E-state index contributed by atoms with van der Waals surface area (Å²) in [7, 11) is -4.77. The number of hydrogen-bond donors (Lipinski definition) is 3. The van der Waals surface area contributed by atoms with Gasteiger partial charge in [-0.25, -0.2) is 4.79 Å². The number of carbonyl (C=O) groups is 2. The van der Waals surface area contributed by atoms with E-state index in [2.05, 4.69) is 16.0 Å². The molecule has 0 aliphatic carbocycles. The molecular formula is C31H35FN4O5S. The summed E-state index contributed by atoms with van der Waals surface area (Å²) >= 11 is 0. The van der Waals surface area contributed by atoms with Gasteiger partial charge in [0.25, 0.3) is 5.16 Å². The molecule has 1 aliphatic heterocycles. The molecule has 0 saturated carbocycles. The number of hydrogen-bond acceptors (Lipinski definition) is 6. The highest BCUT2D eigenvalue weighted by Gasteiger charge is 2.28. The van der Waals surface area contributed by atoms with E-state index < -0.39 is 33.3 Å². The summed E-state index contributed by atoms with van der Waals surface area (Å²) in [6, 6.07) is 23.8. The number of urea groups is 1. The van der Waals surface area contributed by atoms with Gasteiger partial charge in [0, 0.05) is 32.6 Å². The van der Waals surface area contributed by atoms with Crippen LogP contribution < -0.4 is 20.1 Å². The number of para-hydroxylation sites is 1. The highest BCUT2D eigenvalue weighted by molar-refractivity contribution is 7.90. The minimum absolute atomic E-state index is 0.0375. The van der Waals surface area contributed by atoms with Gasteiger partial charge in [0.2, 0.25) is 5.91 Å². The molecule has 1 fully saturated rings. The van der Waals surface area contributed by atoms with Crippen LogP contribution in [0.15, 0.2) is 102 Å². The first kappa shape index (κ1) is 30.7. The molecule has 2 atom stereocenters. The maximum absolute atomic E-state index is 15.2. The van der Waals surface area contributed by atoms with Crippen molar-refractivity contribution in [1.82, 2.24) is 20.9 Å². The fraction of sp³-hybridized carbons (Fsp3) is 0.290. The molecule has 9 nitrogen and oxygen atoms in total. The van der Waals surface area contributed by atoms with Gasteiger partial charge in [0.05, 0.1) is 6.04 Å². The number of benzene rings is 3. The van der Waals surface area contributed by atoms with Crippen LogP contribution in [-0.2, 0) is 27.8 Å². The fourth-order valence-electron chi connectivity index (χ4n) is 4.50. The molecule has 3 N–H and O–H groups in total. The normalized spacial score (nSPS) is 15.4. The predicted molar refractivity (Wildman–Crippen MR) is 159 cm³/mol. The number of nitrogens with one attached hydrogen (secondary N) is 3. The molecule has 0 unspecified atom stereocenters. The standard InChI is InChI=1S/C31H35FN4O5S/c32-29(42(39,40)41-27-14-8-3-9-15-27)23-26(17-16-24-10-4-1-5-11-24)34-30(37)28(22-25-12-6-2-7-13-25)35-31(38)36-20-18-33-19-21-36/h1-15,23,26,28,33H,16-22H2,(H,34,37)(H,35,38)/b29-23+/t26-,28-/m0/s1. The molecule has 0 bridgehead atoms. The topological polar surface area (TPSA) is 117 Å². The summed E-state index contributed by atoms with van der Waals surface area (Å²) in [5, 5.41) is 7.25. The summed E-state index contributed by atoms with van der Waals surface area (Å²) in [5.74, 6) is -0.602. The summed E-state index contributed by atoms with van der Waals surface area (Å²) in [5.41, 5.74) is 1.75. The van der Waals surface area contributed by atoms with E-state index in [1.54, 1.807) is 23.1 Å². The molecule has 1 aliphatic rings. The Morgan fingerprint density at radius 1 is 0.881 bits per heavy atom. The highest BCUT2D eigenvalue weighted by Crippen LogP contribution is 2.19. The first-order chi connectivity index (χ1) is 20.3. The van der Waals surface area contributed by atoms with Gasteiger partial charge in [0.1, 0.15) is 11.8 Å². The van der Waals surface area contributed by atoms with E-state index in [0.717, 1.165) is 17.2 Å². The Morgan fingerprint density at radius 2 is 1.45 bits per heavy atom. The smallest absolute Gasteiger partial charge is 0.366 e. The molecule has 3 aromatic rings. The molecule has 4 rings (SSSR count). The Bertz CT molecular complexity index is 1430. The molecule has 3 aromatic carbocycles. The van der Waals surface area contributed by atoms with E-state index in [4.69, 9.17) is 4.18 Å². The third-order valence-electron chi connectivity index (χ3n) is 6.74. The van der Waals surface area contributed by atoms with Crippen molar-refractivity contribution in [3.63, 3.8) is 0 Å². The van der Waals surface area contributed by atoms with Crippen molar-refractivity contribution in [3.05, 3.63) is 113 Å². The zero-order valence-corrected chi connectivity index (χ0v) is 23.9. The molecule has 42 heavy (non-hydrogen) atoms.